The van der Waals surface area contributed by atoms with Crippen molar-refractivity contribution in [3.63, 3.8) is 0 Å². The van der Waals surface area contributed by atoms with Crippen LogP contribution in [0, 0.1) is 11.3 Å². The Bertz CT molecular complexity index is 511. The molecule has 0 aliphatic rings. The lowest BCUT2D eigenvalue weighted by Gasteiger charge is -2.26. The summed E-state index contributed by atoms with van der Waals surface area (Å²) in [7, 11) is 0. The van der Waals surface area contributed by atoms with Gasteiger partial charge in [-0.2, -0.15) is 9.62 Å². The van der Waals surface area contributed by atoms with Gasteiger partial charge in [0.1, 0.15) is 6.07 Å². The zero-order valence-electron chi connectivity index (χ0n) is 12.0. The van der Waals surface area contributed by atoms with Gasteiger partial charge in [0.15, 0.2) is 0 Å². The molecule has 0 atom stereocenters. The van der Waals surface area contributed by atoms with Gasteiger partial charge in [-0.25, -0.2) is 0 Å². The summed E-state index contributed by atoms with van der Waals surface area (Å²) in [6, 6.07) is 6.25. The molecule has 0 saturated heterocycles. The van der Waals surface area contributed by atoms with Crippen molar-refractivity contribution in [2.45, 2.75) is 52.4 Å². The van der Waals surface area contributed by atoms with E-state index in [1.165, 1.54) is 0 Å². The Hall–Kier alpha value is -1.27. The Kier molecular flexibility index (Phi) is 3.92. The SMILES string of the molecule is CC(C)(C)c1cc(C#N)c(N=S)c(C(C)(C)C)c1. The smallest absolute Gasteiger partial charge is 0.101 e. The van der Waals surface area contributed by atoms with Crippen LogP contribution in [0.15, 0.2) is 16.5 Å². The molecule has 0 aliphatic heterocycles. The molecule has 0 fully saturated rings. The average molecular weight is 260 g/mol. The third-order valence-electron chi connectivity index (χ3n) is 3.00. The fraction of sp³-hybridized carbons (Fsp3) is 0.533. The van der Waals surface area contributed by atoms with Crippen molar-refractivity contribution in [1.29, 1.82) is 5.26 Å². The van der Waals surface area contributed by atoms with Crippen molar-refractivity contribution in [2.75, 3.05) is 0 Å². The molecule has 1 aromatic carbocycles. The quantitative estimate of drug-likeness (QED) is 0.744. The normalized spacial score (nSPS) is 12.1. The van der Waals surface area contributed by atoms with Gasteiger partial charge in [-0.05, 0) is 28.0 Å². The minimum absolute atomic E-state index is 0.00554. The molecule has 0 N–H and O–H groups in total. The number of hydrogen-bond acceptors (Lipinski definition) is 3. The first-order valence-electron chi connectivity index (χ1n) is 6.03. The first-order valence-corrected chi connectivity index (χ1v) is 6.40. The van der Waals surface area contributed by atoms with Crippen molar-refractivity contribution in [2.24, 2.45) is 4.36 Å². The van der Waals surface area contributed by atoms with Crippen LogP contribution in [0.2, 0.25) is 0 Å². The lowest BCUT2D eigenvalue weighted by atomic mass is 9.78. The van der Waals surface area contributed by atoms with Gasteiger partial charge >= 0.3 is 0 Å². The molecule has 1 rings (SSSR count). The summed E-state index contributed by atoms with van der Waals surface area (Å²) >= 11 is 4.84. The van der Waals surface area contributed by atoms with Gasteiger partial charge in [0.2, 0.25) is 0 Å². The number of nitriles is 1. The Morgan fingerprint density at radius 2 is 1.61 bits per heavy atom. The second-order valence-electron chi connectivity index (χ2n) is 6.62. The Morgan fingerprint density at radius 3 is 1.94 bits per heavy atom. The molecule has 0 bridgehead atoms. The van der Waals surface area contributed by atoms with E-state index in [2.05, 4.69) is 58.0 Å². The number of nitrogens with zero attached hydrogens (tertiary/aromatic N) is 2. The van der Waals surface area contributed by atoms with E-state index >= 15 is 0 Å². The van der Waals surface area contributed by atoms with Crippen LogP contribution in [-0.4, -0.2) is 0 Å². The molecule has 0 spiro atoms. The van der Waals surface area contributed by atoms with Gasteiger partial charge in [0.25, 0.3) is 0 Å². The van der Waals surface area contributed by atoms with Gasteiger partial charge in [-0.1, -0.05) is 47.6 Å². The minimum atomic E-state index is -0.0789. The van der Waals surface area contributed by atoms with E-state index in [1.54, 1.807) is 0 Å². The maximum absolute atomic E-state index is 9.27. The molecule has 3 heteroatoms. The molecule has 0 aliphatic carbocycles. The molecule has 18 heavy (non-hydrogen) atoms. The maximum Gasteiger partial charge on any atom is 0.101 e. The second-order valence-corrected chi connectivity index (χ2v) is 6.81. The van der Waals surface area contributed by atoms with Gasteiger partial charge in [0.05, 0.1) is 11.3 Å². The van der Waals surface area contributed by atoms with Crippen LogP contribution in [-0.2, 0) is 23.3 Å². The van der Waals surface area contributed by atoms with Crippen molar-refractivity contribution in [3.8, 4) is 6.07 Å². The molecule has 1 aromatic rings. The standard InChI is InChI=1S/C15H20N2S/c1-14(2,3)11-7-10(9-16)13(17-18)12(8-11)15(4,5)6/h7-8H,1-6H3. The summed E-state index contributed by atoms with van der Waals surface area (Å²) in [4.78, 5) is 0. The zero-order valence-corrected chi connectivity index (χ0v) is 12.8. The predicted molar refractivity (Wildman–Crippen MR) is 78.0 cm³/mol. The van der Waals surface area contributed by atoms with Crippen molar-refractivity contribution < 1.29 is 0 Å². The molecule has 0 aromatic heterocycles. The summed E-state index contributed by atoms with van der Waals surface area (Å²) in [6.07, 6.45) is 0. The third-order valence-corrected chi connectivity index (χ3v) is 3.18. The highest BCUT2D eigenvalue weighted by Crippen LogP contribution is 2.37. The predicted octanol–water partition coefficient (Wildman–Crippen LogP) is 4.52. The summed E-state index contributed by atoms with van der Waals surface area (Å²) in [5.74, 6) is 0. The molecule has 2 nitrogen and oxygen atoms in total. The second kappa shape index (κ2) is 4.78. The van der Waals surface area contributed by atoms with E-state index in [-0.39, 0.29) is 10.8 Å². The summed E-state index contributed by atoms with van der Waals surface area (Å²) in [5.41, 5.74) is 3.33. The van der Waals surface area contributed by atoms with Crippen LogP contribution < -0.4 is 0 Å². The minimum Gasteiger partial charge on any atom is -0.192 e. The van der Waals surface area contributed by atoms with E-state index in [1.807, 2.05) is 6.07 Å². The highest BCUT2D eigenvalue weighted by molar-refractivity contribution is 7.47. The first-order chi connectivity index (χ1) is 8.11. The van der Waals surface area contributed by atoms with Crippen molar-refractivity contribution >= 4 is 18.1 Å². The van der Waals surface area contributed by atoms with Gasteiger partial charge in [-0.15, -0.1) is 0 Å². The molecule has 0 radical (unpaired) electrons. The maximum atomic E-state index is 9.27. The Balaban J connectivity index is 3.69. The van der Waals surface area contributed by atoms with Crippen molar-refractivity contribution in [1.82, 2.24) is 0 Å². The monoisotopic (exact) mass is 260 g/mol. The fourth-order valence-corrected chi connectivity index (χ4v) is 2.02. The van der Waals surface area contributed by atoms with E-state index in [0.717, 1.165) is 11.1 Å². The number of hydrogen-bond donors (Lipinski definition) is 0. The third kappa shape index (κ3) is 2.94. The van der Waals surface area contributed by atoms with Gasteiger partial charge in [0, 0.05) is 12.4 Å². The molecule has 0 heterocycles. The Morgan fingerprint density at radius 1 is 1.06 bits per heavy atom. The van der Waals surface area contributed by atoms with E-state index in [4.69, 9.17) is 12.4 Å². The largest absolute Gasteiger partial charge is 0.192 e. The lowest BCUT2D eigenvalue weighted by Crippen LogP contribution is -2.17. The first kappa shape index (κ1) is 14.8. The molecular formula is C15H20N2S. The highest BCUT2D eigenvalue weighted by atomic mass is 32.1. The topological polar surface area (TPSA) is 36.1 Å². The summed E-state index contributed by atoms with van der Waals surface area (Å²) in [5, 5.41) is 9.27. The van der Waals surface area contributed by atoms with E-state index in [0.29, 0.717) is 11.3 Å². The molecule has 0 unspecified atom stereocenters. The molecule has 0 amide bonds. The van der Waals surface area contributed by atoms with E-state index < -0.39 is 0 Å². The van der Waals surface area contributed by atoms with Gasteiger partial charge < -0.3 is 0 Å². The zero-order chi connectivity index (χ0) is 14.1. The average Bonchev–Trinajstić information content (AvgIpc) is 2.24. The summed E-state index contributed by atoms with van der Waals surface area (Å²) in [6.45, 7) is 12.8. The van der Waals surface area contributed by atoms with E-state index in [9.17, 15) is 5.26 Å². The van der Waals surface area contributed by atoms with Gasteiger partial charge in [-0.3, -0.25) is 0 Å². The number of benzene rings is 1. The van der Waals surface area contributed by atoms with Crippen LogP contribution >= 0.6 is 0 Å². The number of rotatable bonds is 1. The van der Waals surface area contributed by atoms with Crippen LogP contribution in [0.25, 0.3) is 0 Å². The highest BCUT2D eigenvalue weighted by Gasteiger charge is 2.24. The lowest BCUT2D eigenvalue weighted by molar-refractivity contribution is 0.569. The van der Waals surface area contributed by atoms with Crippen LogP contribution in [0.1, 0.15) is 58.2 Å². The molecular weight excluding hydrogens is 240 g/mol. The fourth-order valence-electron chi connectivity index (χ4n) is 1.82. The van der Waals surface area contributed by atoms with Crippen LogP contribution in [0.3, 0.4) is 0 Å². The summed E-state index contributed by atoms with van der Waals surface area (Å²) < 4.78 is 3.89. The van der Waals surface area contributed by atoms with Crippen LogP contribution in [0.5, 0.6) is 0 Å². The van der Waals surface area contributed by atoms with Crippen LogP contribution in [0.4, 0.5) is 5.69 Å². The molecule has 0 saturated carbocycles. The molecule has 96 valence electrons. The van der Waals surface area contributed by atoms with Crippen molar-refractivity contribution in [3.05, 3.63) is 28.8 Å². The Labute approximate surface area is 115 Å².